The van der Waals surface area contributed by atoms with Crippen LogP contribution in [0.5, 0.6) is 0 Å². The first kappa shape index (κ1) is 77.2. The van der Waals surface area contributed by atoms with E-state index in [-0.39, 0.29) is 19.1 Å². The third kappa shape index (κ3) is 63.6. The molecule has 464 valence electrons. The van der Waals surface area contributed by atoms with Gasteiger partial charge < -0.3 is 19.8 Å². The van der Waals surface area contributed by atoms with E-state index >= 15 is 0 Å². The van der Waals surface area contributed by atoms with Crippen molar-refractivity contribution in [1.82, 2.24) is 5.32 Å². The zero-order chi connectivity index (χ0) is 57.7. The Labute approximate surface area is 492 Å². The Hall–Kier alpha value is -1.80. The molecule has 0 aliphatic heterocycles. The second kappa shape index (κ2) is 60.8. The molecular weight excluding hydrogens is 996 g/mol. The van der Waals surface area contributed by atoms with Crippen LogP contribution in [0, 0.1) is 0 Å². The number of carbonyl (C=O) groups is 1. The number of phosphoric ester groups is 1. The number of carbonyl (C=O) groups excluding carboxylic acids is 1. The molecule has 3 unspecified atom stereocenters. The summed E-state index contributed by atoms with van der Waals surface area (Å²) in [5.41, 5.74) is 0. The molecule has 0 bridgehead atoms. The SMILES string of the molecule is CC/C=C\C/C=C\C/C=C\C/C=C\CCCCCCCCCCCCCCCCCCC(=O)NC(COP(=O)(O)OCC[N+](C)(C)C)C(O)/C=C/CCCCCCCCCCCCCCCCCCCCCCCCCCCC. The van der Waals surface area contributed by atoms with Crippen LogP contribution in [0.25, 0.3) is 0 Å². The topological polar surface area (TPSA) is 105 Å². The summed E-state index contributed by atoms with van der Waals surface area (Å²) in [5.74, 6) is -0.173. The van der Waals surface area contributed by atoms with E-state index in [4.69, 9.17) is 9.05 Å². The number of unbranched alkanes of at least 4 members (excludes halogenated alkanes) is 42. The van der Waals surface area contributed by atoms with Crippen LogP contribution in [0.15, 0.2) is 60.8 Å². The van der Waals surface area contributed by atoms with Crippen molar-refractivity contribution in [1.29, 1.82) is 0 Å². The fourth-order valence-electron chi connectivity index (χ4n) is 10.2. The lowest BCUT2D eigenvalue weighted by atomic mass is 10.0. The number of hydrogen-bond acceptors (Lipinski definition) is 5. The van der Waals surface area contributed by atoms with Gasteiger partial charge in [0, 0.05) is 6.42 Å². The predicted octanol–water partition coefficient (Wildman–Crippen LogP) is 21.6. The fourth-order valence-corrected chi connectivity index (χ4v) is 11.0. The van der Waals surface area contributed by atoms with Crippen LogP contribution in [0.1, 0.15) is 328 Å². The summed E-state index contributed by atoms with van der Waals surface area (Å²) in [6, 6.07) is -0.849. The van der Waals surface area contributed by atoms with Gasteiger partial charge in [-0.25, -0.2) is 4.57 Å². The number of phosphoric acid groups is 1. The fraction of sp³-hybridized carbons (Fsp3) is 0.843. The van der Waals surface area contributed by atoms with E-state index in [1.54, 1.807) is 6.08 Å². The van der Waals surface area contributed by atoms with Crippen LogP contribution in [-0.4, -0.2) is 73.4 Å². The van der Waals surface area contributed by atoms with Crippen LogP contribution in [-0.2, 0) is 18.4 Å². The number of nitrogens with one attached hydrogen (secondary N) is 1. The molecule has 0 aromatic rings. The Morgan fingerprint density at radius 3 is 1.11 bits per heavy atom. The van der Waals surface area contributed by atoms with E-state index in [1.165, 1.54) is 244 Å². The van der Waals surface area contributed by atoms with Crippen molar-refractivity contribution < 1.29 is 32.9 Å². The van der Waals surface area contributed by atoms with Crippen molar-refractivity contribution >= 4 is 13.7 Å². The van der Waals surface area contributed by atoms with Crippen molar-refractivity contribution in [2.45, 2.75) is 341 Å². The van der Waals surface area contributed by atoms with Gasteiger partial charge in [0.25, 0.3) is 0 Å². The quantitative estimate of drug-likeness (QED) is 0.0243. The largest absolute Gasteiger partial charge is 0.472 e. The lowest BCUT2D eigenvalue weighted by molar-refractivity contribution is -0.870. The summed E-state index contributed by atoms with van der Waals surface area (Å²) < 4.78 is 23.8. The molecule has 9 heteroatoms. The smallest absolute Gasteiger partial charge is 0.387 e. The molecule has 0 radical (unpaired) electrons. The molecule has 8 nitrogen and oxygen atoms in total. The maximum atomic E-state index is 13.0. The van der Waals surface area contributed by atoms with Crippen molar-refractivity contribution in [2.24, 2.45) is 0 Å². The van der Waals surface area contributed by atoms with Gasteiger partial charge in [-0.15, -0.1) is 0 Å². The van der Waals surface area contributed by atoms with Gasteiger partial charge in [-0.3, -0.25) is 13.8 Å². The van der Waals surface area contributed by atoms with Crippen molar-refractivity contribution in [3.05, 3.63) is 60.8 Å². The molecule has 1 amide bonds. The molecule has 0 saturated carbocycles. The average Bonchev–Trinajstić information content (AvgIpc) is 3.42. The van der Waals surface area contributed by atoms with Crippen LogP contribution < -0.4 is 5.32 Å². The van der Waals surface area contributed by atoms with Gasteiger partial charge >= 0.3 is 7.82 Å². The van der Waals surface area contributed by atoms with E-state index in [0.717, 1.165) is 64.2 Å². The lowest BCUT2D eigenvalue weighted by Gasteiger charge is -2.25. The summed E-state index contributed by atoms with van der Waals surface area (Å²) in [6.45, 7) is 4.75. The van der Waals surface area contributed by atoms with Crippen molar-refractivity contribution in [3.8, 4) is 0 Å². The number of likely N-dealkylation sites (N-methyl/N-ethyl adjacent to an activating group) is 1. The minimum absolute atomic E-state index is 0.0615. The summed E-state index contributed by atoms with van der Waals surface area (Å²) in [7, 11) is 1.58. The second-order valence-electron chi connectivity index (χ2n) is 24.5. The minimum atomic E-state index is -4.35. The van der Waals surface area contributed by atoms with Crippen LogP contribution in [0.3, 0.4) is 0 Å². The molecule has 0 fully saturated rings. The highest BCUT2D eigenvalue weighted by molar-refractivity contribution is 7.47. The second-order valence-corrected chi connectivity index (χ2v) is 26.0. The first-order valence-electron chi connectivity index (χ1n) is 34.2. The van der Waals surface area contributed by atoms with Gasteiger partial charge in [0.2, 0.25) is 5.91 Å². The van der Waals surface area contributed by atoms with Gasteiger partial charge in [-0.2, -0.15) is 0 Å². The van der Waals surface area contributed by atoms with E-state index in [9.17, 15) is 19.4 Å². The standard InChI is InChI=1S/C70H133N2O6P/c1-6-8-10-12-14-16-18-20-22-24-26-28-30-32-34-36-38-40-42-44-46-48-50-52-54-56-58-60-62-64-70(74)71-68(67-78-79(75,76)77-66-65-72(3,4)5)69(73)63-61-59-57-55-53-51-49-47-45-43-41-39-37-35-33-31-29-27-25-23-21-19-17-15-13-11-9-7-2/h8,10,14,16,20,22,26,28,61,63,68-69,73H,6-7,9,11-13,15,17-19,21,23-25,27,29-60,62,64-67H2,1-5H3,(H-,71,74,75,76)/p+1/b10-8-,16-14-,22-20-,28-26-,63-61+. The predicted molar refractivity (Wildman–Crippen MR) is 346 cm³/mol. The first-order valence-corrected chi connectivity index (χ1v) is 35.7. The number of aliphatic hydroxyl groups is 1. The number of hydrogen-bond donors (Lipinski definition) is 3. The summed E-state index contributed by atoms with van der Waals surface area (Å²) >= 11 is 0. The number of nitrogens with zero attached hydrogens (tertiary/aromatic N) is 1. The van der Waals surface area contributed by atoms with Crippen LogP contribution >= 0.6 is 7.82 Å². The van der Waals surface area contributed by atoms with Crippen molar-refractivity contribution in [3.63, 3.8) is 0 Å². The molecule has 3 atom stereocenters. The third-order valence-corrected chi connectivity index (χ3v) is 16.5. The molecule has 0 heterocycles. The highest BCUT2D eigenvalue weighted by Crippen LogP contribution is 2.43. The average molecular weight is 1130 g/mol. The van der Waals surface area contributed by atoms with Gasteiger partial charge in [0.05, 0.1) is 39.9 Å². The molecule has 0 aliphatic rings. The Morgan fingerprint density at radius 2 is 0.759 bits per heavy atom. The number of rotatable bonds is 63. The molecule has 0 spiro atoms. The first-order chi connectivity index (χ1) is 38.5. The Bertz CT molecular complexity index is 1470. The number of quaternary nitrogens is 1. The molecular formula is C70H134N2O6P+. The highest BCUT2D eigenvalue weighted by atomic mass is 31.2. The molecule has 0 aromatic heterocycles. The van der Waals surface area contributed by atoms with Crippen molar-refractivity contribution in [2.75, 3.05) is 40.9 Å². The Kier molecular flexibility index (Phi) is 59.4. The van der Waals surface area contributed by atoms with Gasteiger partial charge in [0.15, 0.2) is 0 Å². The van der Waals surface area contributed by atoms with E-state index in [0.29, 0.717) is 17.4 Å². The molecule has 3 N–H and O–H groups in total. The Morgan fingerprint density at radius 1 is 0.443 bits per heavy atom. The number of aliphatic hydroxyl groups excluding tert-OH is 1. The normalized spacial score (nSPS) is 14.1. The van der Waals surface area contributed by atoms with Gasteiger partial charge in [0.1, 0.15) is 13.2 Å². The summed E-state index contributed by atoms with van der Waals surface area (Å²) in [5, 5.41) is 14.0. The molecule has 79 heavy (non-hydrogen) atoms. The van der Waals surface area contributed by atoms with E-state index < -0.39 is 20.0 Å². The summed E-state index contributed by atoms with van der Waals surface area (Å²) in [6.07, 6.45) is 83.6. The minimum Gasteiger partial charge on any atom is -0.387 e. The monoisotopic (exact) mass is 1130 g/mol. The highest BCUT2D eigenvalue weighted by Gasteiger charge is 2.28. The van der Waals surface area contributed by atoms with Crippen LogP contribution in [0.2, 0.25) is 0 Å². The molecule has 0 rings (SSSR count). The third-order valence-electron chi connectivity index (χ3n) is 15.5. The number of amides is 1. The molecule has 0 aromatic carbocycles. The van der Waals surface area contributed by atoms with E-state index in [1.807, 2.05) is 27.2 Å². The molecule has 0 aliphatic carbocycles. The Balaban J connectivity index is 4.08. The maximum Gasteiger partial charge on any atom is 0.472 e. The summed E-state index contributed by atoms with van der Waals surface area (Å²) in [4.78, 5) is 23.4. The maximum absolute atomic E-state index is 13.0. The zero-order valence-electron chi connectivity index (χ0n) is 53.1. The van der Waals surface area contributed by atoms with Crippen LogP contribution in [0.4, 0.5) is 0 Å². The van der Waals surface area contributed by atoms with E-state index in [2.05, 4.69) is 67.8 Å². The lowest BCUT2D eigenvalue weighted by Crippen LogP contribution is -2.45. The van der Waals surface area contributed by atoms with Gasteiger partial charge in [-0.05, 0) is 57.8 Å². The number of allylic oxidation sites excluding steroid dienone is 9. The molecule has 0 saturated heterocycles. The zero-order valence-corrected chi connectivity index (χ0v) is 54.0. The van der Waals surface area contributed by atoms with Gasteiger partial charge in [-0.1, -0.05) is 325 Å².